The van der Waals surface area contributed by atoms with Crippen LogP contribution in [0.5, 0.6) is 0 Å². The van der Waals surface area contributed by atoms with Crippen molar-refractivity contribution in [1.29, 1.82) is 0 Å². The van der Waals surface area contributed by atoms with E-state index in [0.717, 1.165) is 17.0 Å². The lowest BCUT2D eigenvalue weighted by molar-refractivity contribution is -0.137. The third-order valence-corrected chi connectivity index (χ3v) is 5.24. The number of halogens is 3. The van der Waals surface area contributed by atoms with Gasteiger partial charge in [0.15, 0.2) is 0 Å². The van der Waals surface area contributed by atoms with Crippen LogP contribution >= 0.6 is 0 Å². The van der Waals surface area contributed by atoms with E-state index in [4.69, 9.17) is 0 Å². The highest BCUT2D eigenvalue weighted by Crippen LogP contribution is 2.34. The smallest absolute Gasteiger partial charge is 0.345 e. The molecule has 0 saturated carbocycles. The van der Waals surface area contributed by atoms with Crippen LogP contribution in [-0.4, -0.2) is 36.2 Å². The molecule has 35 heavy (non-hydrogen) atoms. The lowest BCUT2D eigenvalue weighted by Crippen LogP contribution is -2.38. The molecule has 0 unspecified atom stereocenters. The van der Waals surface area contributed by atoms with Gasteiger partial charge in [0.25, 0.3) is 5.91 Å². The Labute approximate surface area is 200 Å². The van der Waals surface area contributed by atoms with E-state index in [2.05, 4.69) is 10.6 Å². The Morgan fingerprint density at radius 3 is 2.06 bits per heavy atom. The summed E-state index contributed by atoms with van der Waals surface area (Å²) in [4.78, 5) is 39.0. The van der Waals surface area contributed by atoms with Gasteiger partial charge in [-0.15, -0.1) is 0 Å². The van der Waals surface area contributed by atoms with Gasteiger partial charge in [-0.05, 0) is 29.8 Å². The summed E-state index contributed by atoms with van der Waals surface area (Å²) < 4.78 is 39.5. The number of anilines is 1. The van der Waals surface area contributed by atoms with Gasteiger partial charge in [-0.3, -0.25) is 14.4 Å². The molecule has 3 rings (SSSR count). The first-order valence-electron chi connectivity index (χ1n) is 10.8. The number of rotatable bonds is 8. The Hall–Kier alpha value is -4.14. The number of hydrogen-bond donors (Lipinski definition) is 2. The van der Waals surface area contributed by atoms with Crippen LogP contribution in [0.3, 0.4) is 0 Å². The van der Waals surface area contributed by atoms with E-state index in [9.17, 15) is 27.6 Å². The third-order valence-electron chi connectivity index (χ3n) is 5.24. The summed E-state index contributed by atoms with van der Waals surface area (Å²) in [5, 5.41) is 5.06. The zero-order chi connectivity index (χ0) is 25.4. The predicted molar refractivity (Wildman–Crippen MR) is 125 cm³/mol. The van der Waals surface area contributed by atoms with Gasteiger partial charge in [0.2, 0.25) is 11.8 Å². The number of nitrogens with zero attached hydrogens (tertiary/aromatic N) is 1. The van der Waals surface area contributed by atoms with Crippen molar-refractivity contribution in [2.24, 2.45) is 0 Å². The number of carbonyl (C=O) groups is 3. The van der Waals surface area contributed by atoms with Crippen LogP contribution in [0.15, 0.2) is 84.9 Å². The minimum Gasteiger partial charge on any atom is -0.345 e. The number of hydrogen-bond acceptors (Lipinski definition) is 3. The summed E-state index contributed by atoms with van der Waals surface area (Å²) in [7, 11) is 1.37. The highest BCUT2D eigenvalue weighted by Gasteiger charge is 2.33. The first-order valence-corrected chi connectivity index (χ1v) is 10.8. The van der Waals surface area contributed by atoms with E-state index in [1.807, 2.05) is 0 Å². The van der Waals surface area contributed by atoms with E-state index in [1.54, 1.807) is 60.7 Å². The van der Waals surface area contributed by atoms with Crippen molar-refractivity contribution in [1.82, 2.24) is 10.2 Å². The standard InChI is InChI=1S/C26H24F3N3O3/c1-32(17-23(33)30-21-15-9-8-14-20(21)26(27,28)29)24(34)16-22(18-10-4-2-5-11-18)31-25(35)19-12-6-3-7-13-19/h2-15,22H,16-17H2,1H3,(H,30,33)(H,31,35)/t22-/m1/s1. The van der Waals surface area contributed by atoms with Crippen LogP contribution in [0.1, 0.15) is 33.9 Å². The highest BCUT2D eigenvalue weighted by molar-refractivity contribution is 5.96. The fraction of sp³-hybridized carbons (Fsp3) is 0.192. The Morgan fingerprint density at radius 1 is 0.857 bits per heavy atom. The van der Waals surface area contributed by atoms with Crippen LogP contribution in [0.4, 0.5) is 18.9 Å². The summed E-state index contributed by atoms with van der Waals surface area (Å²) in [6.45, 7) is -0.459. The van der Waals surface area contributed by atoms with Gasteiger partial charge in [0.1, 0.15) is 0 Å². The first-order chi connectivity index (χ1) is 16.6. The van der Waals surface area contributed by atoms with Crippen LogP contribution < -0.4 is 10.6 Å². The Morgan fingerprint density at radius 2 is 1.43 bits per heavy atom. The van der Waals surface area contributed by atoms with Crippen LogP contribution in [-0.2, 0) is 15.8 Å². The second-order valence-corrected chi connectivity index (χ2v) is 7.85. The number of para-hydroxylation sites is 1. The maximum Gasteiger partial charge on any atom is 0.418 e. The van der Waals surface area contributed by atoms with Crippen molar-refractivity contribution in [2.75, 3.05) is 18.9 Å². The molecule has 1 atom stereocenters. The molecule has 0 spiro atoms. The molecule has 3 aromatic rings. The van der Waals surface area contributed by atoms with Crippen LogP contribution in [0.25, 0.3) is 0 Å². The summed E-state index contributed by atoms with van der Waals surface area (Å²) in [5.41, 5.74) is -0.239. The monoisotopic (exact) mass is 483 g/mol. The van der Waals surface area contributed by atoms with E-state index >= 15 is 0 Å². The van der Waals surface area contributed by atoms with Crippen molar-refractivity contribution < 1.29 is 27.6 Å². The van der Waals surface area contributed by atoms with Gasteiger partial charge in [-0.25, -0.2) is 0 Å². The molecule has 6 nitrogen and oxygen atoms in total. The molecule has 0 radical (unpaired) electrons. The molecule has 9 heteroatoms. The largest absolute Gasteiger partial charge is 0.418 e. The number of carbonyl (C=O) groups excluding carboxylic acids is 3. The van der Waals surface area contributed by atoms with Gasteiger partial charge in [-0.2, -0.15) is 13.2 Å². The molecule has 0 aromatic heterocycles. The van der Waals surface area contributed by atoms with Crippen molar-refractivity contribution in [2.45, 2.75) is 18.6 Å². The third kappa shape index (κ3) is 7.17. The number of nitrogens with one attached hydrogen (secondary N) is 2. The first kappa shape index (κ1) is 25.5. The van der Waals surface area contributed by atoms with E-state index in [1.165, 1.54) is 19.2 Å². The zero-order valence-electron chi connectivity index (χ0n) is 18.9. The fourth-order valence-corrected chi connectivity index (χ4v) is 3.43. The lowest BCUT2D eigenvalue weighted by atomic mass is 10.0. The molecular weight excluding hydrogens is 459 g/mol. The van der Waals surface area contributed by atoms with Gasteiger partial charge in [-0.1, -0.05) is 60.7 Å². The van der Waals surface area contributed by atoms with Crippen LogP contribution in [0, 0.1) is 0 Å². The summed E-state index contributed by atoms with van der Waals surface area (Å²) >= 11 is 0. The Bertz CT molecular complexity index is 1170. The minimum atomic E-state index is -4.63. The molecule has 0 aliphatic rings. The van der Waals surface area contributed by atoms with Gasteiger partial charge >= 0.3 is 6.18 Å². The minimum absolute atomic E-state index is 0.147. The second-order valence-electron chi connectivity index (χ2n) is 7.85. The molecule has 0 saturated heterocycles. The van der Waals surface area contributed by atoms with Crippen molar-refractivity contribution in [3.8, 4) is 0 Å². The zero-order valence-corrected chi connectivity index (χ0v) is 18.9. The number of likely N-dealkylation sites (N-methyl/N-ethyl adjacent to an activating group) is 1. The summed E-state index contributed by atoms with van der Waals surface area (Å²) in [6.07, 6.45) is -4.78. The molecule has 0 fully saturated rings. The molecule has 0 heterocycles. The van der Waals surface area contributed by atoms with Gasteiger partial charge in [0.05, 0.1) is 30.3 Å². The number of amides is 3. The number of alkyl halides is 3. The van der Waals surface area contributed by atoms with E-state index < -0.39 is 36.1 Å². The highest BCUT2D eigenvalue weighted by atomic mass is 19.4. The molecule has 2 N–H and O–H groups in total. The maximum atomic E-state index is 13.2. The molecule has 0 aliphatic carbocycles. The molecule has 0 bridgehead atoms. The second kappa shape index (κ2) is 11.3. The van der Waals surface area contributed by atoms with E-state index in [-0.39, 0.29) is 18.0 Å². The topological polar surface area (TPSA) is 78.5 Å². The maximum absolute atomic E-state index is 13.2. The molecular formula is C26H24F3N3O3. The molecule has 0 aliphatic heterocycles. The summed E-state index contributed by atoms with van der Waals surface area (Å²) in [6, 6.07) is 21.3. The Balaban J connectivity index is 1.67. The molecule has 3 amide bonds. The van der Waals surface area contributed by atoms with Crippen LogP contribution in [0.2, 0.25) is 0 Å². The van der Waals surface area contributed by atoms with Crippen molar-refractivity contribution in [3.05, 3.63) is 102 Å². The predicted octanol–water partition coefficient (Wildman–Crippen LogP) is 4.66. The van der Waals surface area contributed by atoms with E-state index in [0.29, 0.717) is 11.1 Å². The van der Waals surface area contributed by atoms with Gasteiger partial charge < -0.3 is 15.5 Å². The molecule has 3 aromatic carbocycles. The Kier molecular flexibility index (Phi) is 8.25. The average molecular weight is 483 g/mol. The molecule has 182 valence electrons. The lowest BCUT2D eigenvalue weighted by Gasteiger charge is -2.23. The normalized spacial score (nSPS) is 11.9. The van der Waals surface area contributed by atoms with Crippen molar-refractivity contribution >= 4 is 23.4 Å². The fourth-order valence-electron chi connectivity index (χ4n) is 3.43. The van der Waals surface area contributed by atoms with Gasteiger partial charge in [0, 0.05) is 12.6 Å². The number of benzene rings is 3. The quantitative estimate of drug-likeness (QED) is 0.489. The van der Waals surface area contributed by atoms with Crippen molar-refractivity contribution in [3.63, 3.8) is 0 Å². The summed E-state index contributed by atoms with van der Waals surface area (Å²) in [5.74, 6) is -1.61. The average Bonchev–Trinajstić information content (AvgIpc) is 2.84. The SMILES string of the molecule is CN(CC(=O)Nc1ccccc1C(F)(F)F)C(=O)C[C@@H](NC(=O)c1ccccc1)c1ccccc1.